The summed E-state index contributed by atoms with van der Waals surface area (Å²) in [6, 6.07) is 0. The molecule has 0 aromatic carbocycles. The third-order valence-corrected chi connectivity index (χ3v) is 7.82. The molecule has 4 heterocycles. The molecule has 0 aliphatic carbocycles. The largest absolute Gasteiger partial charge is 0.426 e. The number of piperidine rings is 2. The van der Waals surface area contributed by atoms with E-state index in [1.54, 1.807) is 14.2 Å². The number of cyclic esters (lactones) is 2. The Labute approximate surface area is 206 Å². The topological polar surface area (TPSA) is 77.5 Å². The van der Waals surface area contributed by atoms with Crippen LogP contribution in [0, 0.1) is 11.8 Å². The Hall–Kier alpha value is -1.10. The predicted octanol–water partition coefficient (Wildman–Crippen LogP) is 3.71. The molecule has 4 aliphatic rings. The average molecular weight is 580 g/mol. The van der Waals surface area contributed by atoms with E-state index in [0.717, 1.165) is 75.1 Å². The van der Waals surface area contributed by atoms with E-state index in [-0.39, 0.29) is 11.9 Å². The first kappa shape index (κ1) is 25.5. The summed E-state index contributed by atoms with van der Waals surface area (Å²) >= 11 is 6.57. The van der Waals surface area contributed by atoms with Crippen molar-refractivity contribution in [2.75, 3.05) is 40.4 Å². The minimum absolute atomic E-state index is 0.333. The first-order valence-corrected chi connectivity index (χ1v) is 12.6. The van der Waals surface area contributed by atoms with Crippen LogP contribution in [-0.2, 0) is 28.5 Å². The van der Waals surface area contributed by atoms with Gasteiger partial charge in [-0.2, -0.15) is 0 Å². The van der Waals surface area contributed by atoms with Crippen LogP contribution in [0.3, 0.4) is 0 Å². The van der Waals surface area contributed by atoms with Gasteiger partial charge in [0.15, 0.2) is 0 Å². The average Bonchev–Trinajstić information content (AvgIpc) is 3.24. The molecule has 0 aromatic rings. The van der Waals surface area contributed by atoms with Gasteiger partial charge < -0.3 is 28.7 Å². The molecule has 0 bridgehead atoms. The number of rotatable bonds is 4. The molecule has 0 aromatic heterocycles. The molecule has 0 radical (unpaired) electrons. The number of methoxy groups -OCH3 is 2. The van der Waals surface area contributed by atoms with Gasteiger partial charge in [-0.15, -0.1) is 0 Å². The van der Waals surface area contributed by atoms with Gasteiger partial charge in [-0.3, -0.25) is 0 Å². The molecule has 0 saturated carbocycles. The highest BCUT2D eigenvalue weighted by Gasteiger charge is 2.38. The summed E-state index contributed by atoms with van der Waals surface area (Å²) in [5, 5.41) is 0. The van der Waals surface area contributed by atoms with Crippen LogP contribution in [0.5, 0.6) is 0 Å². The molecule has 2 atom stereocenters. The van der Waals surface area contributed by atoms with Crippen LogP contribution in [0.15, 0.2) is 20.4 Å². The van der Waals surface area contributed by atoms with E-state index in [1.165, 1.54) is 0 Å². The van der Waals surface area contributed by atoms with Crippen molar-refractivity contribution in [2.24, 2.45) is 11.8 Å². The minimum atomic E-state index is -0.546. The fraction of sp³-hybridized carbons (Fsp3) is 0.727. The molecule has 32 heavy (non-hydrogen) atoms. The van der Waals surface area contributed by atoms with Crippen molar-refractivity contribution in [3.05, 3.63) is 20.4 Å². The van der Waals surface area contributed by atoms with E-state index in [9.17, 15) is 9.59 Å². The maximum absolute atomic E-state index is 11.4. The first-order chi connectivity index (χ1) is 15.3. The molecule has 0 spiro atoms. The third kappa shape index (κ3) is 5.69. The fourth-order valence-electron chi connectivity index (χ4n) is 4.22. The third-order valence-electron chi connectivity index (χ3n) is 6.36. The molecular weight excluding hydrogens is 548 g/mol. The Morgan fingerprint density at radius 2 is 1.03 bits per heavy atom. The number of carbonyl (C=O) groups is 2. The van der Waals surface area contributed by atoms with E-state index in [1.807, 2.05) is 0 Å². The van der Waals surface area contributed by atoms with E-state index >= 15 is 0 Å². The van der Waals surface area contributed by atoms with Gasteiger partial charge in [-0.25, -0.2) is 9.59 Å². The maximum Gasteiger partial charge on any atom is 0.349 e. The van der Waals surface area contributed by atoms with Gasteiger partial charge in [0.05, 0.1) is 0 Å². The summed E-state index contributed by atoms with van der Waals surface area (Å²) in [5.41, 5.74) is 1.69. The minimum Gasteiger partial charge on any atom is -0.426 e. The smallest absolute Gasteiger partial charge is 0.349 e. The van der Waals surface area contributed by atoms with E-state index in [4.69, 9.17) is 18.9 Å². The number of halogens is 2. The molecular formula is C22H32Br2N2O6. The zero-order chi connectivity index (χ0) is 23.4. The molecule has 0 unspecified atom stereocenters. The number of hydrogen-bond donors (Lipinski definition) is 0. The van der Waals surface area contributed by atoms with Gasteiger partial charge >= 0.3 is 11.9 Å². The van der Waals surface area contributed by atoms with Crippen molar-refractivity contribution in [2.45, 2.75) is 52.1 Å². The molecule has 4 rings (SSSR count). The van der Waals surface area contributed by atoms with Crippen molar-refractivity contribution in [3.63, 3.8) is 0 Å². The molecule has 2 saturated heterocycles. The highest BCUT2D eigenvalue weighted by atomic mass is 79.9. The van der Waals surface area contributed by atoms with E-state index in [2.05, 4.69) is 55.5 Å². The lowest BCUT2D eigenvalue weighted by Gasteiger charge is -2.34. The normalized spacial score (nSPS) is 27.6. The number of ether oxygens (including phenoxy) is 4. The number of hydrogen-bond acceptors (Lipinski definition) is 8. The van der Waals surface area contributed by atoms with Gasteiger partial charge in [0, 0.05) is 40.4 Å². The molecule has 10 heteroatoms. The van der Waals surface area contributed by atoms with E-state index < -0.39 is 12.6 Å². The summed E-state index contributed by atoms with van der Waals surface area (Å²) in [4.78, 5) is 27.2. The van der Waals surface area contributed by atoms with Crippen molar-refractivity contribution >= 4 is 43.8 Å². The molecule has 4 aliphatic heterocycles. The van der Waals surface area contributed by atoms with Crippen LogP contribution in [-0.4, -0.2) is 74.7 Å². The molecule has 2 fully saturated rings. The summed E-state index contributed by atoms with van der Waals surface area (Å²) < 4.78 is 21.5. The second-order valence-electron chi connectivity index (χ2n) is 8.68. The Morgan fingerprint density at radius 3 is 1.31 bits per heavy atom. The van der Waals surface area contributed by atoms with Crippen molar-refractivity contribution in [1.29, 1.82) is 0 Å². The Balaban J connectivity index is 0.000000181. The lowest BCUT2D eigenvalue weighted by molar-refractivity contribution is -0.158. The maximum atomic E-state index is 11.4. The Morgan fingerprint density at radius 1 is 0.719 bits per heavy atom. The zero-order valence-corrected chi connectivity index (χ0v) is 22.2. The van der Waals surface area contributed by atoms with Gasteiger partial charge in [0.2, 0.25) is 12.6 Å². The number of nitrogens with zero attached hydrogens (tertiary/aromatic N) is 2. The second-order valence-corrected chi connectivity index (χ2v) is 10.3. The van der Waals surface area contributed by atoms with E-state index in [0.29, 0.717) is 8.96 Å². The number of likely N-dealkylation sites (tertiary alicyclic amines) is 2. The van der Waals surface area contributed by atoms with Crippen LogP contribution in [0.4, 0.5) is 0 Å². The van der Waals surface area contributed by atoms with Crippen molar-refractivity contribution < 1.29 is 28.5 Å². The highest BCUT2D eigenvalue weighted by molar-refractivity contribution is 9.12. The number of esters is 2. The first-order valence-electron chi connectivity index (χ1n) is 11.0. The zero-order valence-electron chi connectivity index (χ0n) is 19.1. The summed E-state index contributed by atoms with van der Waals surface area (Å²) in [5.74, 6) is 0.852. The molecule has 180 valence electrons. The SMILES string of the molecule is CO[C@@H]1OC(=O)C(Br)=C1N1CCC(C)CC1.CO[C@H]1OC(=O)C(Br)=C1N1CCC(C)CC1. The molecule has 0 N–H and O–H groups in total. The lowest BCUT2D eigenvalue weighted by Crippen LogP contribution is -2.36. The Kier molecular flexibility index (Phi) is 9.05. The van der Waals surface area contributed by atoms with Crippen LogP contribution in [0.2, 0.25) is 0 Å². The molecule has 8 nitrogen and oxygen atoms in total. The van der Waals surface area contributed by atoms with Crippen LogP contribution >= 0.6 is 31.9 Å². The van der Waals surface area contributed by atoms with Crippen molar-refractivity contribution in [3.8, 4) is 0 Å². The van der Waals surface area contributed by atoms with Crippen LogP contribution < -0.4 is 0 Å². The summed E-state index contributed by atoms with van der Waals surface area (Å²) in [6.45, 7) is 8.35. The summed E-state index contributed by atoms with van der Waals surface area (Å²) in [6.07, 6.45) is 3.50. The summed E-state index contributed by atoms with van der Waals surface area (Å²) in [7, 11) is 3.10. The van der Waals surface area contributed by atoms with Gasteiger partial charge in [-0.1, -0.05) is 13.8 Å². The quantitative estimate of drug-likeness (QED) is 0.467. The highest BCUT2D eigenvalue weighted by Crippen LogP contribution is 2.34. The van der Waals surface area contributed by atoms with Crippen LogP contribution in [0.25, 0.3) is 0 Å². The Bertz CT molecular complexity index is 706. The fourth-order valence-corrected chi connectivity index (χ4v) is 5.28. The van der Waals surface area contributed by atoms with Crippen molar-refractivity contribution in [1.82, 2.24) is 9.80 Å². The van der Waals surface area contributed by atoms with Gasteiger partial charge in [-0.05, 0) is 69.4 Å². The monoisotopic (exact) mass is 578 g/mol. The second kappa shape index (κ2) is 11.4. The standard InChI is InChI=1S/2C11H16BrNO3/c2*1-7-3-5-13(6-4-7)9-8(12)10(14)16-11(9)15-2/h2*7,11H,3-6H2,1-2H3/t2*11-/m10/s1. The number of carbonyl (C=O) groups excluding carboxylic acids is 2. The van der Waals surface area contributed by atoms with Crippen LogP contribution in [0.1, 0.15) is 39.5 Å². The lowest BCUT2D eigenvalue weighted by atomic mass is 9.99. The predicted molar refractivity (Wildman–Crippen MR) is 126 cm³/mol. The molecule has 0 amide bonds. The van der Waals surface area contributed by atoms with Gasteiger partial charge in [0.1, 0.15) is 20.4 Å². The van der Waals surface area contributed by atoms with Gasteiger partial charge in [0.25, 0.3) is 0 Å².